The van der Waals surface area contributed by atoms with Crippen LogP contribution in [-0.4, -0.2) is 28.2 Å². The first-order valence-corrected chi connectivity index (χ1v) is 7.51. The molecule has 0 fully saturated rings. The number of carbonyl (C=O) groups is 3. The van der Waals surface area contributed by atoms with Crippen LogP contribution in [0.25, 0.3) is 0 Å². The Morgan fingerprint density at radius 1 is 1.15 bits per heavy atom. The molecule has 0 radical (unpaired) electrons. The average Bonchev–Trinajstić information content (AvgIpc) is 2.44. The Balaban J connectivity index is 2.66. The molecule has 0 unspecified atom stereocenters. The normalized spacial score (nSPS) is 11.3. The van der Waals surface area contributed by atoms with Gasteiger partial charge in [-0.15, -0.1) is 0 Å². The lowest BCUT2D eigenvalue weighted by Gasteiger charge is -2.17. The lowest BCUT2D eigenvalue weighted by atomic mass is 10.1. The summed E-state index contributed by atoms with van der Waals surface area (Å²) in [7, 11) is 0. The van der Waals surface area contributed by atoms with E-state index in [1.807, 2.05) is 52.9 Å². The second-order valence-electron chi connectivity index (χ2n) is 4.11. The molecule has 1 aromatic carbocycles. The van der Waals surface area contributed by atoms with Crippen molar-refractivity contribution < 1.29 is 14.4 Å². The first-order chi connectivity index (χ1) is 9.52. The zero-order valence-electron chi connectivity index (χ0n) is 11.0. The van der Waals surface area contributed by atoms with Gasteiger partial charge in [-0.3, -0.25) is 25.2 Å². The number of amides is 3. The van der Waals surface area contributed by atoms with E-state index in [1.54, 1.807) is 0 Å². The highest BCUT2D eigenvalue weighted by Crippen LogP contribution is 2.03. The molecule has 20 heavy (non-hydrogen) atoms. The van der Waals surface area contributed by atoms with E-state index >= 15 is 0 Å². The Bertz CT molecular complexity index is 479. The standard InChI is InChI=1S/C13H16IN3O3/c1-9(18)15-11(7-10-5-3-2-4-6-10)13(20)17-16-12(19)8-14/h2-6,11H,7-8H2,1H3,(H,15,18)(H,16,19)(H,17,20)/t11-/m0/s1. The molecule has 0 saturated carbocycles. The molecule has 0 spiro atoms. The molecule has 1 rings (SSSR count). The zero-order valence-corrected chi connectivity index (χ0v) is 13.1. The Labute approximate surface area is 130 Å². The van der Waals surface area contributed by atoms with Gasteiger partial charge in [0.25, 0.3) is 5.91 Å². The number of rotatable bonds is 5. The molecule has 7 heteroatoms. The monoisotopic (exact) mass is 389 g/mol. The summed E-state index contributed by atoms with van der Waals surface area (Å²) in [5.41, 5.74) is 5.49. The van der Waals surface area contributed by atoms with E-state index in [-0.39, 0.29) is 16.2 Å². The quantitative estimate of drug-likeness (QED) is 0.385. The molecule has 0 heterocycles. The summed E-state index contributed by atoms with van der Waals surface area (Å²) >= 11 is 1.88. The predicted molar refractivity (Wildman–Crippen MR) is 82.9 cm³/mol. The van der Waals surface area contributed by atoms with Crippen molar-refractivity contribution in [3.63, 3.8) is 0 Å². The van der Waals surface area contributed by atoms with Gasteiger partial charge in [-0.1, -0.05) is 52.9 Å². The molecular formula is C13H16IN3O3. The van der Waals surface area contributed by atoms with Crippen LogP contribution in [0, 0.1) is 0 Å². The molecule has 108 valence electrons. The maximum Gasteiger partial charge on any atom is 0.261 e. The van der Waals surface area contributed by atoms with Crippen molar-refractivity contribution in [2.75, 3.05) is 4.43 Å². The smallest absolute Gasteiger partial charge is 0.261 e. The van der Waals surface area contributed by atoms with Gasteiger partial charge in [0.2, 0.25) is 11.8 Å². The summed E-state index contributed by atoms with van der Waals surface area (Å²) in [5, 5.41) is 2.57. The first kappa shape index (κ1) is 16.4. The highest BCUT2D eigenvalue weighted by Gasteiger charge is 2.20. The van der Waals surface area contributed by atoms with Crippen molar-refractivity contribution in [1.82, 2.24) is 16.2 Å². The summed E-state index contributed by atoms with van der Waals surface area (Å²) in [5.74, 6) is -1.07. The van der Waals surface area contributed by atoms with Crippen LogP contribution < -0.4 is 16.2 Å². The minimum absolute atomic E-state index is 0.238. The van der Waals surface area contributed by atoms with E-state index in [0.29, 0.717) is 6.42 Å². The predicted octanol–water partition coefficient (Wildman–Crippen LogP) is 0.316. The van der Waals surface area contributed by atoms with Crippen LogP contribution in [0.5, 0.6) is 0 Å². The van der Waals surface area contributed by atoms with Crippen molar-refractivity contribution in [2.45, 2.75) is 19.4 Å². The molecular weight excluding hydrogens is 373 g/mol. The van der Waals surface area contributed by atoms with Gasteiger partial charge >= 0.3 is 0 Å². The molecule has 0 aromatic heterocycles. The van der Waals surface area contributed by atoms with Crippen molar-refractivity contribution in [2.24, 2.45) is 0 Å². The second kappa shape index (κ2) is 8.51. The lowest BCUT2D eigenvalue weighted by Crippen LogP contribution is -2.53. The van der Waals surface area contributed by atoms with Gasteiger partial charge in [-0.2, -0.15) is 0 Å². The summed E-state index contributed by atoms with van der Waals surface area (Å²) in [4.78, 5) is 34.2. The highest BCUT2D eigenvalue weighted by atomic mass is 127. The van der Waals surface area contributed by atoms with Gasteiger partial charge in [0, 0.05) is 13.3 Å². The molecule has 0 aliphatic heterocycles. The molecule has 0 saturated heterocycles. The van der Waals surface area contributed by atoms with Crippen LogP contribution >= 0.6 is 22.6 Å². The van der Waals surface area contributed by atoms with Gasteiger partial charge in [0.1, 0.15) is 6.04 Å². The van der Waals surface area contributed by atoms with Crippen molar-refractivity contribution in [3.8, 4) is 0 Å². The molecule has 0 aliphatic carbocycles. The van der Waals surface area contributed by atoms with Crippen molar-refractivity contribution in [3.05, 3.63) is 35.9 Å². The maximum absolute atomic E-state index is 12.0. The largest absolute Gasteiger partial charge is 0.344 e. The summed E-state index contributed by atoms with van der Waals surface area (Å²) in [6, 6.07) is 8.59. The third-order valence-corrected chi connectivity index (χ3v) is 3.12. The van der Waals surface area contributed by atoms with Crippen LogP contribution in [-0.2, 0) is 20.8 Å². The number of benzene rings is 1. The first-order valence-electron chi connectivity index (χ1n) is 5.98. The molecule has 0 bridgehead atoms. The molecule has 6 nitrogen and oxygen atoms in total. The topological polar surface area (TPSA) is 87.3 Å². The number of halogens is 1. The van der Waals surface area contributed by atoms with Crippen LogP contribution in [0.1, 0.15) is 12.5 Å². The Morgan fingerprint density at radius 3 is 2.35 bits per heavy atom. The molecule has 1 atom stereocenters. The highest BCUT2D eigenvalue weighted by molar-refractivity contribution is 14.1. The van der Waals surface area contributed by atoms with Crippen LogP contribution in [0.3, 0.4) is 0 Å². The summed E-state index contributed by atoms with van der Waals surface area (Å²) in [6.07, 6.45) is 0.354. The van der Waals surface area contributed by atoms with Gasteiger partial charge in [0.05, 0.1) is 4.43 Å². The van der Waals surface area contributed by atoms with E-state index < -0.39 is 11.9 Å². The SMILES string of the molecule is CC(=O)N[C@@H](Cc1ccccc1)C(=O)NNC(=O)CI. The van der Waals surface area contributed by atoms with Crippen LogP contribution in [0.15, 0.2) is 30.3 Å². The molecule has 1 aromatic rings. The fourth-order valence-electron chi connectivity index (χ4n) is 1.56. The third kappa shape index (κ3) is 6.00. The number of hydrogen-bond donors (Lipinski definition) is 3. The van der Waals surface area contributed by atoms with E-state index in [0.717, 1.165) is 5.56 Å². The minimum atomic E-state index is -0.732. The minimum Gasteiger partial charge on any atom is -0.344 e. The lowest BCUT2D eigenvalue weighted by molar-refractivity contribution is -0.131. The van der Waals surface area contributed by atoms with E-state index in [2.05, 4.69) is 16.2 Å². The fourth-order valence-corrected chi connectivity index (χ4v) is 1.75. The number of alkyl halides is 1. The van der Waals surface area contributed by atoms with Crippen LogP contribution in [0.2, 0.25) is 0 Å². The summed E-state index contributed by atoms with van der Waals surface area (Å²) < 4.78 is 0.238. The zero-order chi connectivity index (χ0) is 15.0. The van der Waals surface area contributed by atoms with Gasteiger partial charge in [0.15, 0.2) is 0 Å². The van der Waals surface area contributed by atoms with E-state index in [9.17, 15) is 14.4 Å². The van der Waals surface area contributed by atoms with Gasteiger partial charge in [-0.25, -0.2) is 0 Å². The van der Waals surface area contributed by atoms with Gasteiger partial charge in [-0.05, 0) is 5.56 Å². The molecule has 3 amide bonds. The van der Waals surface area contributed by atoms with E-state index in [4.69, 9.17) is 0 Å². The average molecular weight is 389 g/mol. The number of hydrogen-bond acceptors (Lipinski definition) is 3. The molecule has 0 aliphatic rings. The van der Waals surface area contributed by atoms with Crippen molar-refractivity contribution >= 4 is 40.3 Å². The molecule has 3 N–H and O–H groups in total. The maximum atomic E-state index is 12.0. The summed E-state index contributed by atoms with van der Waals surface area (Å²) in [6.45, 7) is 1.34. The van der Waals surface area contributed by atoms with Crippen molar-refractivity contribution in [1.29, 1.82) is 0 Å². The fraction of sp³-hybridized carbons (Fsp3) is 0.308. The van der Waals surface area contributed by atoms with Crippen LogP contribution in [0.4, 0.5) is 0 Å². The number of nitrogens with one attached hydrogen (secondary N) is 3. The Kier molecular flexibility index (Phi) is 6.99. The third-order valence-electron chi connectivity index (χ3n) is 2.42. The Morgan fingerprint density at radius 2 is 1.80 bits per heavy atom. The van der Waals surface area contributed by atoms with E-state index in [1.165, 1.54) is 6.92 Å². The second-order valence-corrected chi connectivity index (χ2v) is 4.88. The Hall–Kier alpha value is -1.64. The number of hydrazine groups is 1. The van der Waals surface area contributed by atoms with Gasteiger partial charge < -0.3 is 5.32 Å². The number of carbonyl (C=O) groups excluding carboxylic acids is 3.